The van der Waals surface area contributed by atoms with Gasteiger partial charge < -0.3 is 10.6 Å². The minimum absolute atomic E-state index is 0.0652. The molecule has 0 radical (unpaired) electrons. The van der Waals surface area contributed by atoms with E-state index in [0.717, 1.165) is 5.69 Å². The van der Waals surface area contributed by atoms with Crippen molar-refractivity contribution in [1.29, 1.82) is 0 Å². The van der Waals surface area contributed by atoms with E-state index in [1.807, 2.05) is 42.5 Å². The van der Waals surface area contributed by atoms with Crippen LogP contribution in [0.15, 0.2) is 71.8 Å². The van der Waals surface area contributed by atoms with E-state index in [9.17, 15) is 4.79 Å². The maximum Gasteiger partial charge on any atom is 0.234 e. The normalized spacial score (nSPS) is 10.3. The zero-order valence-corrected chi connectivity index (χ0v) is 15.3. The molecule has 0 spiro atoms. The van der Waals surface area contributed by atoms with Gasteiger partial charge >= 0.3 is 0 Å². The Morgan fingerprint density at radius 1 is 0.962 bits per heavy atom. The summed E-state index contributed by atoms with van der Waals surface area (Å²) in [4.78, 5) is 11.9. The number of hydrogen-bond donors (Lipinski definition) is 2. The second-order valence-electron chi connectivity index (χ2n) is 5.80. The molecule has 0 atom stereocenters. The standard InChI is InChI=1S/C20H20N4OS/c1-15-7-9-16(10-8-15)13-21-18-11-12-20(24-23-18)26-14-19(25)22-17-5-3-2-4-6-17/h2-12H,13-14H2,1H3,(H,21,23)(H,22,25). The number of aromatic nitrogens is 2. The molecule has 6 heteroatoms. The maximum absolute atomic E-state index is 11.9. The number of carbonyl (C=O) groups is 1. The number of anilines is 2. The third kappa shape index (κ3) is 5.60. The fraction of sp³-hybridized carbons (Fsp3) is 0.150. The van der Waals surface area contributed by atoms with Crippen molar-refractivity contribution >= 4 is 29.2 Å². The quantitative estimate of drug-likeness (QED) is 0.617. The molecule has 1 aromatic heterocycles. The smallest absolute Gasteiger partial charge is 0.234 e. The summed E-state index contributed by atoms with van der Waals surface area (Å²) < 4.78 is 0. The molecular weight excluding hydrogens is 344 g/mol. The average molecular weight is 364 g/mol. The van der Waals surface area contributed by atoms with Gasteiger partial charge in [0.2, 0.25) is 5.91 Å². The average Bonchev–Trinajstić information content (AvgIpc) is 2.67. The number of hydrogen-bond acceptors (Lipinski definition) is 5. The number of thioether (sulfide) groups is 1. The predicted octanol–water partition coefficient (Wildman–Crippen LogP) is 4.13. The number of nitrogens with one attached hydrogen (secondary N) is 2. The van der Waals surface area contributed by atoms with Crippen molar-refractivity contribution in [3.63, 3.8) is 0 Å². The molecule has 0 aliphatic rings. The summed E-state index contributed by atoms with van der Waals surface area (Å²) in [7, 11) is 0. The fourth-order valence-electron chi connectivity index (χ4n) is 2.25. The van der Waals surface area contributed by atoms with Crippen LogP contribution in [0.5, 0.6) is 0 Å². The van der Waals surface area contributed by atoms with Crippen LogP contribution in [0.2, 0.25) is 0 Å². The van der Waals surface area contributed by atoms with Gasteiger partial charge in [-0.3, -0.25) is 4.79 Å². The molecule has 26 heavy (non-hydrogen) atoms. The molecule has 3 rings (SSSR count). The van der Waals surface area contributed by atoms with Crippen molar-refractivity contribution in [1.82, 2.24) is 10.2 Å². The van der Waals surface area contributed by atoms with Gasteiger partial charge in [-0.1, -0.05) is 59.8 Å². The van der Waals surface area contributed by atoms with Crippen LogP contribution in [-0.4, -0.2) is 21.9 Å². The summed E-state index contributed by atoms with van der Waals surface area (Å²) in [5, 5.41) is 15.1. The molecule has 132 valence electrons. The molecule has 0 aliphatic heterocycles. The molecule has 2 aromatic carbocycles. The molecule has 0 aliphatic carbocycles. The first-order valence-electron chi connectivity index (χ1n) is 8.30. The molecule has 0 saturated carbocycles. The Hall–Kier alpha value is -2.86. The van der Waals surface area contributed by atoms with Gasteiger partial charge in [-0.05, 0) is 36.8 Å². The zero-order chi connectivity index (χ0) is 18.2. The van der Waals surface area contributed by atoms with E-state index < -0.39 is 0 Å². The number of carbonyl (C=O) groups excluding carboxylic acids is 1. The highest BCUT2D eigenvalue weighted by Gasteiger charge is 2.05. The Morgan fingerprint density at radius 3 is 2.42 bits per heavy atom. The topological polar surface area (TPSA) is 66.9 Å². The lowest BCUT2D eigenvalue weighted by Crippen LogP contribution is -2.14. The first-order chi connectivity index (χ1) is 12.7. The minimum Gasteiger partial charge on any atom is -0.365 e. The minimum atomic E-state index is -0.0652. The third-order valence-corrected chi connectivity index (χ3v) is 4.56. The molecule has 1 heterocycles. The first kappa shape index (κ1) is 17.9. The lowest BCUT2D eigenvalue weighted by Gasteiger charge is -2.07. The molecule has 0 fully saturated rings. The highest BCUT2D eigenvalue weighted by atomic mass is 32.2. The van der Waals surface area contributed by atoms with Gasteiger partial charge in [0, 0.05) is 12.2 Å². The zero-order valence-electron chi connectivity index (χ0n) is 14.5. The van der Waals surface area contributed by atoms with E-state index in [-0.39, 0.29) is 5.91 Å². The Kier molecular flexibility index (Phi) is 6.22. The SMILES string of the molecule is Cc1ccc(CNc2ccc(SCC(=O)Nc3ccccc3)nn2)cc1. The van der Waals surface area contributed by atoms with E-state index in [2.05, 4.69) is 52.0 Å². The molecule has 1 amide bonds. The monoisotopic (exact) mass is 364 g/mol. The summed E-state index contributed by atoms with van der Waals surface area (Å²) in [5.74, 6) is 0.938. The Morgan fingerprint density at radius 2 is 1.73 bits per heavy atom. The van der Waals surface area contributed by atoms with Crippen LogP contribution in [0.4, 0.5) is 11.5 Å². The molecular formula is C20H20N4OS. The number of amides is 1. The first-order valence-corrected chi connectivity index (χ1v) is 9.28. The molecule has 5 nitrogen and oxygen atoms in total. The van der Waals surface area contributed by atoms with Gasteiger partial charge in [-0.2, -0.15) is 0 Å². The number of benzene rings is 2. The number of para-hydroxylation sites is 1. The van der Waals surface area contributed by atoms with Crippen LogP contribution in [0.1, 0.15) is 11.1 Å². The highest BCUT2D eigenvalue weighted by Crippen LogP contribution is 2.16. The van der Waals surface area contributed by atoms with Crippen molar-refractivity contribution in [3.05, 3.63) is 77.9 Å². The van der Waals surface area contributed by atoms with Crippen molar-refractivity contribution in [3.8, 4) is 0 Å². The van der Waals surface area contributed by atoms with Crippen molar-refractivity contribution < 1.29 is 4.79 Å². The molecule has 0 saturated heterocycles. The lowest BCUT2D eigenvalue weighted by molar-refractivity contribution is -0.113. The van der Waals surface area contributed by atoms with Gasteiger partial charge in [-0.25, -0.2) is 0 Å². The fourth-order valence-corrected chi connectivity index (χ4v) is 2.86. The largest absolute Gasteiger partial charge is 0.365 e. The van der Waals surface area contributed by atoms with Crippen molar-refractivity contribution in [2.24, 2.45) is 0 Å². The van der Waals surface area contributed by atoms with Gasteiger partial charge in [0.05, 0.1) is 5.75 Å². The van der Waals surface area contributed by atoms with Crippen LogP contribution in [-0.2, 0) is 11.3 Å². The van der Waals surface area contributed by atoms with Crippen LogP contribution < -0.4 is 10.6 Å². The van der Waals surface area contributed by atoms with Gasteiger partial charge in [0.1, 0.15) is 10.8 Å². The van der Waals surface area contributed by atoms with Crippen LogP contribution >= 0.6 is 11.8 Å². The molecule has 0 bridgehead atoms. The maximum atomic E-state index is 11.9. The van der Waals surface area contributed by atoms with Crippen molar-refractivity contribution in [2.45, 2.75) is 18.5 Å². The Bertz CT molecular complexity index is 836. The Balaban J connectivity index is 1.45. The van der Waals surface area contributed by atoms with E-state index in [1.165, 1.54) is 22.9 Å². The van der Waals surface area contributed by atoms with E-state index in [1.54, 1.807) is 0 Å². The van der Waals surface area contributed by atoms with Gasteiger partial charge in [0.25, 0.3) is 0 Å². The number of rotatable bonds is 7. The van der Waals surface area contributed by atoms with Crippen LogP contribution in [0, 0.1) is 6.92 Å². The molecule has 2 N–H and O–H groups in total. The van der Waals surface area contributed by atoms with Crippen molar-refractivity contribution in [2.75, 3.05) is 16.4 Å². The van der Waals surface area contributed by atoms with Gasteiger partial charge in [0.15, 0.2) is 0 Å². The number of aryl methyl sites for hydroxylation is 1. The highest BCUT2D eigenvalue weighted by molar-refractivity contribution is 7.99. The third-order valence-electron chi connectivity index (χ3n) is 3.64. The molecule has 0 unspecified atom stereocenters. The van der Waals surface area contributed by atoms with E-state index in [4.69, 9.17) is 0 Å². The second kappa shape index (κ2) is 9.01. The van der Waals surface area contributed by atoms with E-state index >= 15 is 0 Å². The summed E-state index contributed by atoms with van der Waals surface area (Å²) in [5.41, 5.74) is 3.22. The summed E-state index contributed by atoms with van der Waals surface area (Å²) in [6.45, 7) is 2.76. The summed E-state index contributed by atoms with van der Waals surface area (Å²) >= 11 is 1.36. The van der Waals surface area contributed by atoms with Crippen LogP contribution in [0.3, 0.4) is 0 Å². The van der Waals surface area contributed by atoms with Gasteiger partial charge in [-0.15, -0.1) is 10.2 Å². The second-order valence-corrected chi connectivity index (χ2v) is 6.79. The number of nitrogens with zero attached hydrogens (tertiary/aromatic N) is 2. The lowest BCUT2D eigenvalue weighted by atomic mass is 10.1. The predicted molar refractivity (Wildman–Crippen MR) is 106 cm³/mol. The molecule has 3 aromatic rings. The van der Waals surface area contributed by atoms with Crippen LogP contribution in [0.25, 0.3) is 0 Å². The summed E-state index contributed by atoms with van der Waals surface area (Å²) in [6.07, 6.45) is 0. The Labute approximate surface area is 157 Å². The summed E-state index contributed by atoms with van der Waals surface area (Å²) in [6, 6.07) is 21.5. The van der Waals surface area contributed by atoms with E-state index in [0.29, 0.717) is 23.1 Å².